The zero-order chi connectivity index (χ0) is 14.8. The highest BCUT2D eigenvalue weighted by Crippen LogP contribution is 2.24. The molecule has 6 nitrogen and oxygen atoms in total. The zero-order valence-electron chi connectivity index (χ0n) is 10.9. The Kier molecular flexibility index (Phi) is 4.05. The first kappa shape index (κ1) is 14.5. The number of hydrogen-bond acceptors (Lipinski definition) is 4. The van der Waals surface area contributed by atoms with Crippen LogP contribution in [0.25, 0.3) is 0 Å². The van der Waals surface area contributed by atoms with Gasteiger partial charge in [0.05, 0.1) is 11.9 Å². The quantitative estimate of drug-likeness (QED) is 0.868. The van der Waals surface area contributed by atoms with Crippen LogP contribution in [0.4, 0.5) is 10.1 Å². The number of nitrogens with one attached hydrogen (secondary N) is 1. The first-order chi connectivity index (χ1) is 9.50. The predicted octanol–water partition coefficient (Wildman–Crippen LogP) is 1.22. The Labute approximate surface area is 116 Å². The molecule has 3 N–H and O–H groups in total. The maximum Gasteiger partial charge on any atom is 0.281 e. The second-order valence-electron chi connectivity index (χ2n) is 4.07. The van der Waals surface area contributed by atoms with Crippen LogP contribution in [0.3, 0.4) is 0 Å². The SMILES string of the molecule is CCN(c1ccc(F)cc1)S(=O)(=O)c1[nH]ncc1CN. The number of hydrogen-bond donors (Lipinski definition) is 2. The number of nitrogens with two attached hydrogens (primary N) is 1. The molecule has 1 aromatic carbocycles. The van der Waals surface area contributed by atoms with Crippen LogP contribution in [-0.2, 0) is 16.6 Å². The van der Waals surface area contributed by atoms with Crippen LogP contribution >= 0.6 is 0 Å². The molecule has 0 aliphatic carbocycles. The van der Waals surface area contributed by atoms with Crippen molar-refractivity contribution in [2.75, 3.05) is 10.8 Å². The molecule has 0 saturated carbocycles. The number of benzene rings is 1. The van der Waals surface area contributed by atoms with E-state index < -0.39 is 15.8 Å². The third-order valence-electron chi connectivity index (χ3n) is 2.85. The van der Waals surface area contributed by atoms with Gasteiger partial charge in [-0.15, -0.1) is 0 Å². The van der Waals surface area contributed by atoms with Crippen molar-refractivity contribution in [3.05, 3.63) is 41.8 Å². The number of H-pyrrole nitrogens is 1. The van der Waals surface area contributed by atoms with Gasteiger partial charge in [0.2, 0.25) is 0 Å². The first-order valence-corrected chi connectivity index (χ1v) is 7.45. The molecular weight excluding hydrogens is 283 g/mol. The van der Waals surface area contributed by atoms with E-state index in [0.717, 1.165) is 0 Å². The fraction of sp³-hybridized carbons (Fsp3) is 0.250. The molecule has 8 heteroatoms. The van der Waals surface area contributed by atoms with Gasteiger partial charge in [0, 0.05) is 18.7 Å². The van der Waals surface area contributed by atoms with E-state index in [-0.39, 0.29) is 18.1 Å². The molecule has 0 unspecified atom stereocenters. The number of sulfonamides is 1. The second kappa shape index (κ2) is 5.59. The van der Waals surface area contributed by atoms with Gasteiger partial charge < -0.3 is 5.73 Å². The topological polar surface area (TPSA) is 92.1 Å². The van der Waals surface area contributed by atoms with E-state index >= 15 is 0 Å². The van der Waals surface area contributed by atoms with E-state index in [9.17, 15) is 12.8 Å². The second-order valence-corrected chi connectivity index (χ2v) is 5.87. The average Bonchev–Trinajstić information content (AvgIpc) is 2.90. The number of halogens is 1. The Hall–Kier alpha value is -1.93. The van der Waals surface area contributed by atoms with Crippen LogP contribution in [0, 0.1) is 5.82 Å². The van der Waals surface area contributed by atoms with E-state index in [2.05, 4.69) is 10.2 Å². The van der Waals surface area contributed by atoms with Crippen molar-refractivity contribution in [2.24, 2.45) is 5.73 Å². The third kappa shape index (κ3) is 2.52. The monoisotopic (exact) mass is 298 g/mol. The molecule has 0 aliphatic heterocycles. The van der Waals surface area contributed by atoms with Crippen molar-refractivity contribution < 1.29 is 12.8 Å². The molecule has 2 rings (SSSR count). The van der Waals surface area contributed by atoms with Crippen molar-refractivity contribution >= 4 is 15.7 Å². The highest BCUT2D eigenvalue weighted by molar-refractivity contribution is 7.92. The van der Waals surface area contributed by atoms with Crippen molar-refractivity contribution in [2.45, 2.75) is 18.5 Å². The molecule has 0 amide bonds. The third-order valence-corrected chi connectivity index (χ3v) is 4.77. The molecule has 20 heavy (non-hydrogen) atoms. The van der Waals surface area contributed by atoms with Crippen LogP contribution in [-0.4, -0.2) is 25.2 Å². The van der Waals surface area contributed by atoms with Gasteiger partial charge in [0.1, 0.15) is 5.82 Å². The summed E-state index contributed by atoms with van der Waals surface area (Å²) in [5, 5.41) is 6.14. The summed E-state index contributed by atoms with van der Waals surface area (Å²) in [6, 6.07) is 5.25. The minimum absolute atomic E-state index is 0.0359. The standard InChI is InChI=1S/C12H15FN4O2S/c1-2-17(11-5-3-10(13)4-6-11)20(18,19)12-9(7-14)8-15-16-12/h3-6,8H,2,7,14H2,1H3,(H,15,16). The summed E-state index contributed by atoms with van der Waals surface area (Å²) in [4.78, 5) is 0. The number of rotatable bonds is 5. The zero-order valence-corrected chi connectivity index (χ0v) is 11.7. The maximum atomic E-state index is 12.9. The van der Waals surface area contributed by atoms with Gasteiger partial charge in [-0.05, 0) is 31.2 Å². The van der Waals surface area contributed by atoms with Gasteiger partial charge in [0.25, 0.3) is 10.0 Å². The lowest BCUT2D eigenvalue weighted by molar-refractivity contribution is 0.586. The molecule has 0 saturated heterocycles. The van der Waals surface area contributed by atoms with Crippen LogP contribution in [0.5, 0.6) is 0 Å². The summed E-state index contributed by atoms with van der Waals surface area (Å²) in [5.74, 6) is -0.425. The smallest absolute Gasteiger partial charge is 0.281 e. The Bertz CT molecular complexity index is 682. The van der Waals surface area contributed by atoms with Gasteiger partial charge in [-0.1, -0.05) is 0 Å². The predicted molar refractivity (Wildman–Crippen MR) is 73.1 cm³/mol. The Balaban J connectivity index is 2.48. The van der Waals surface area contributed by atoms with E-state index in [0.29, 0.717) is 11.3 Å². The van der Waals surface area contributed by atoms with Gasteiger partial charge in [0.15, 0.2) is 5.03 Å². The van der Waals surface area contributed by atoms with Crippen LogP contribution < -0.4 is 10.0 Å². The fourth-order valence-electron chi connectivity index (χ4n) is 1.88. The lowest BCUT2D eigenvalue weighted by atomic mass is 10.3. The molecule has 108 valence electrons. The van der Waals surface area contributed by atoms with E-state index in [1.165, 1.54) is 34.8 Å². The van der Waals surface area contributed by atoms with Gasteiger partial charge in [-0.3, -0.25) is 9.40 Å². The minimum atomic E-state index is -3.80. The summed E-state index contributed by atoms with van der Waals surface area (Å²) >= 11 is 0. The number of aromatic amines is 1. The van der Waals surface area contributed by atoms with E-state index in [1.807, 2.05) is 0 Å². The normalized spacial score (nSPS) is 11.6. The fourth-order valence-corrected chi connectivity index (χ4v) is 3.47. The Morgan fingerprint density at radius 2 is 2.00 bits per heavy atom. The number of nitrogens with zero attached hydrogens (tertiary/aromatic N) is 2. The molecule has 2 aromatic rings. The molecule has 0 aliphatic rings. The van der Waals surface area contributed by atoms with Gasteiger partial charge >= 0.3 is 0 Å². The lowest BCUT2D eigenvalue weighted by Crippen LogP contribution is -2.31. The first-order valence-electron chi connectivity index (χ1n) is 6.01. The Morgan fingerprint density at radius 3 is 2.55 bits per heavy atom. The molecule has 0 fully saturated rings. The highest BCUT2D eigenvalue weighted by atomic mass is 32.2. The van der Waals surface area contributed by atoms with Crippen LogP contribution in [0.1, 0.15) is 12.5 Å². The molecule has 0 bridgehead atoms. The number of aromatic nitrogens is 2. The van der Waals surface area contributed by atoms with E-state index in [4.69, 9.17) is 5.73 Å². The summed E-state index contributed by atoms with van der Waals surface area (Å²) in [6.07, 6.45) is 1.38. The van der Waals surface area contributed by atoms with Crippen molar-refractivity contribution in [3.8, 4) is 0 Å². The maximum absolute atomic E-state index is 12.9. The average molecular weight is 298 g/mol. The molecule has 1 heterocycles. The summed E-state index contributed by atoms with van der Waals surface area (Å²) < 4.78 is 39.3. The van der Waals surface area contributed by atoms with Crippen molar-refractivity contribution in [3.63, 3.8) is 0 Å². The molecule has 0 atom stereocenters. The van der Waals surface area contributed by atoms with Crippen molar-refractivity contribution in [1.82, 2.24) is 10.2 Å². The van der Waals surface area contributed by atoms with Crippen LogP contribution in [0.15, 0.2) is 35.5 Å². The summed E-state index contributed by atoms with van der Waals surface area (Å²) in [6.45, 7) is 1.96. The molecule has 0 spiro atoms. The van der Waals surface area contributed by atoms with Crippen LogP contribution in [0.2, 0.25) is 0 Å². The molecule has 1 aromatic heterocycles. The lowest BCUT2D eigenvalue weighted by Gasteiger charge is -2.22. The molecular formula is C12H15FN4O2S. The number of anilines is 1. The van der Waals surface area contributed by atoms with Gasteiger partial charge in [-0.2, -0.15) is 13.5 Å². The Morgan fingerprint density at radius 1 is 1.35 bits per heavy atom. The van der Waals surface area contributed by atoms with Crippen molar-refractivity contribution in [1.29, 1.82) is 0 Å². The van der Waals surface area contributed by atoms with Gasteiger partial charge in [-0.25, -0.2) is 4.39 Å². The minimum Gasteiger partial charge on any atom is -0.326 e. The highest BCUT2D eigenvalue weighted by Gasteiger charge is 2.27. The summed E-state index contributed by atoms with van der Waals surface area (Å²) in [7, 11) is -3.80. The summed E-state index contributed by atoms with van der Waals surface area (Å²) in [5.41, 5.74) is 6.29. The van der Waals surface area contributed by atoms with E-state index in [1.54, 1.807) is 6.92 Å². The molecule has 0 radical (unpaired) electrons. The largest absolute Gasteiger partial charge is 0.326 e.